The number of rotatable bonds is 8. The summed E-state index contributed by atoms with van der Waals surface area (Å²) >= 11 is 0. The molecule has 0 aliphatic heterocycles. The van der Waals surface area contributed by atoms with Crippen molar-refractivity contribution in [2.24, 2.45) is 5.92 Å². The number of ether oxygens (including phenoxy) is 1. The fourth-order valence-electron chi connectivity index (χ4n) is 2.05. The van der Waals surface area contributed by atoms with Crippen LogP contribution in [0.2, 0.25) is 0 Å². The van der Waals surface area contributed by atoms with Crippen LogP contribution in [-0.2, 0) is 4.74 Å². The molecule has 0 spiro atoms. The van der Waals surface area contributed by atoms with Crippen LogP contribution in [0.25, 0.3) is 0 Å². The fraction of sp³-hybridized carbons (Fsp3) is 0.933. The van der Waals surface area contributed by atoms with Gasteiger partial charge in [-0.05, 0) is 52.5 Å². The van der Waals surface area contributed by atoms with Crippen molar-refractivity contribution in [1.82, 2.24) is 10.6 Å². The van der Waals surface area contributed by atoms with Crippen LogP contribution in [-0.4, -0.2) is 30.8 Å². The van der Waals surface area contributed by atoms with Crippen LogP contribution in [0, 0.1) is 5.92 Å². The van der Waals surface area contributed by atoms with Crippen LogP contribution in [0.5, 0.6) is 0 Å². The normalized spacial score (nSPS) is 17.1. The highest BCUT2D eigenvalue weighted by Crippen LogP contribution is 2.32. The molecular weight excluding hydrogens is 240 g/mol. The molecule has 4 heteroatoms. The Hall–Kier alpha value is -0.770. The first-order valence-electron chi connectivity index (χ1n) is 7.62. The zero-order valence-electron chi connectivity index (χ0n) is 12.9. The number of alkyl carbamates (subject to hydrolysis) is 1. The van der Waals surface area contributed by atoms with Gasteiger partial charge in [-0.2, -0.15) is 0 Å². The Balaban J connectivity index is 2.23. The summed E-state index contributed by atoms with van der Waals surface area (Å²) in [7, 11) is 0. The number of carbonyl (C=O) groups is 1. The van der Waals surface area contributed by atoms with E-state index in [1.54, 1.807) is 0 Å². The largest absolute Gasteiger partial charge is 0.444 e. The maximum absolute atomic E-state index is 11.8. The maximum Gasteiger partial charge on any atom is 0.407 e. The average Bonchev–Trinajstić information content (AvgIpc) is 3.08. The fourth-order valence-corrected chi connectivity index (χ4v) is 2.05. The van der Waals surface area contributed by atoms with Crippen molar-refractivity contribution < 1.29 is 9.53 Å². The summed E-state index contributed by atoms with van der Waals surface area (Å²) in [6.45, 7) is 9.77. The second-order valence-electron chi connectivity index (χ2n) is 6.50. The van der Waals surface area contributed by atoms with Crippen LogP contribution >= 0.6 is 0 Å². The Morgan fingerprint density at radius 2 is 2.00 bits per heavy atom. The number of hydrogen-bond acceptors (Lipinski definition) is 3. The minimum atomic E-state index is -0.424. The first-order valence-corrected chi connectivity index (χ1v) is 7.62. The van der Waals surface area contributed by atoms with Crippen LogP contribution < -0.4 is 10.6 Å². The van der Waals surface area contributed by atoms with Crippen LogP contribution in [0.15, 0.2) is 0 Å². The molecule has 112 valence electrons. The predicted molar refractivity (Wildman–Crippen MR) is 78.3 cm³/mol. The number of nitrogens with one attached hydrogen (secondary N) is 2. The Morgan fingerprint density at radius 1 is 1.32 bits per heavy atom. The average molecular weight is 270 g/mol. The molecular formula is C15H30N2O2. The minimum absolute atomic E-state index is 0.219. The summed E-state index contributed by atoms with van der Waals surface area (Å²) in [5, 5.41) is 6.44. The highest BCUT2D eigenvalue weighted by Gasteiger charge is 2.32. The molecule has 1 fully saturated rings. The van der Waals surface area contributed by atoms with Gasteiger partial charge >= 0.3 is 6.09 Å². The summed E-state index contributed by atoms with van der Waals surface area (Å²) < 4.78 is 5.31. The molecule has 1 aliphatic carbocycles. The molecule has 1 aliphatic rings. The SMILES string of the molecule is CCCCCNCC(NC(=O)OC(C)(C)C)C1CC1. The third-order valence-electron chi connectivity index (χ3n) is 3.21. The van der Waals surface area contributed by atoms with E-state index in [4.69, 9.17) is 4.74 Å². The van der Waals surface area contributed by atoms with E-state index in [1.165, 1.54) is 32.1 Å². The van der Waals surface area contributed by atoms with E-state index in [1.807, 2.05) is 20.8 Å². The number of unbranched alkanes of at least 4 members (excludes halogenated alkanes) is 2. The molecule has 0 bridgehead atoms. The second kappa shape index (κ2) is 7.73. The van der Waals surface area contributed by atoms with Gasteiger partial charge in [0.25, 0.3) is 0 Å². The lowest BCUT2D eigenvalue weighted by molar-refractivity contribution is 0.0497. The molecule has 19 heavy (non-hydrogen) atoms. The summed E-state index contributed by atoms with van der Waals surface area (Å²) in [4.78, 5) is 11.8. The van der Waals surface area contributed by atoms with Crippen molar-refractivity contribution in [3.63, 3.8) is 0 Å². The van der Waals surface area contributed by atoms with Gasteiger partial charge < -0.3 is 15.4 Å². The number of amides is 1. The first kappa shape index (κ1) is 16.3. The van der Waals surface area contributed by atoms with Crippen molar-refractivity contribution in [3.8, 4) is 0 Å². The van der Waals surface area contributed by atoms with E-state index in [0.29, 0.717) is 5.92 Å². The van der Waals surface area contributed by atoms with Gasteiger partial charge in [-0.25, -0.2) is 4.79 Å². The molecule has 1 saturated carbocycles. The van der Waals surface area contributed by atoms with Gasteiger partial charge in [-0.15, -0.1) is 0 Å². The molecule has 1 rings (SSSR count). The van der Waals surface area contributed by atoms with Gasteiger partial charge in [0.2, 0.25) is 0 Å². The van der Waals surface area contributed by atoms with E-state index in [0.717, 1.165) is 13.1 Å². The number of carbonyl (C=O) groups excluding carboxylic acids is 1. The topological polar surface area (TPSA) is 50.4 Å². The molecule has 0 saturated heterocycles. The zero-order chi connectivity index (χ0) is 14.3. The molecule has 1 atom stereocenters. The summed E-state index contributed by atoms with van der Waals surface area (Å²) in [5.41, 5.74) is -0.424. The third kappa shape index (κ3) is 8.09. The van der Waals surface area contributed by atoms with Gasteiger partial charge in [0.05, 0.1) is 0 Å². The summed E-state index contributed by atoms with van der Waals surface area (Å²) in [5.74, 6) is 0.631. The van der Waals surface area contributed by atoms with Crippen molar-refractivity contribution >= 4 is 6.09 Å². The van der Waals surface area contributed by atoms with E-state index >= 15 is 0 Å². The van der Waals surface area contributed by atoms with E-state index < -0.39 is 5.60 Å². The van der Waals surface area contributed by atoms with Gasteiger partial charge in [0, 0.05) is 12.6 Å². The van der Waals surface area contributed by atoms with Gasteiger partial charge in [-0.3, -0.25) is 0 Å². The van der Waals surface area contributed by atoms with E-state index in [2.05, 4.69) is 17.6 Å². The van der Waals surface area contributed by atoms with Crippen molar-refractivity contribution in [1.29, 1.82) is 0 Å². The minimum Gasteiger partial charge on any atom is -0.444 e. The van der Waals surface area contributed by atoms with Gasteiger partial charge in [-0.1, -0.05) is 19.8 Å². The van der Waals surface area contributed by atoms with E-state index in [-0.39, 0.29) is 12.1 Å². The van der Waals surface area contributed by atoms with Crippen molar-refractivity contribution in [3.05, 3.63) is 0 Å². The molecule has 1 unspecified atom stereocenters. The van der Waals surface area contributed by atoms with Crippen LogP contribution in [0.1, 0.15) is 59.8 Å². The van der Waals surface area contributed by atoms with Gasteiger partial charge in [0.1, 0.15) is 5.60 Å². The number of hydrogen-bond donors (Lipinski definition) is 2. The van der Waals surface area contributed by atoms with Crippen LogP contribution in [0.3, 0.4) is 0 Å². The molecule has 0 aromatic heterocycles. The highest BCUT2D eigenvalue weighted by molar-refractivity contribution is 5.68. The Labute approximate surface area is 117 Å². The smallest absolute Gasteiger partial charge is 0.407 e. The highest BCUT2D eigenvalue weighted by atomic mass is 16.6. The quantitative estimate of drug-likeness (QED) is 0.666. The molecule has 0 aromatic rings. The lowest BCUT2D eigenvalue weighted by atomic mass is 10.2. The van der Waals surface area contributed by atoms with Crippen molar-refractivity contribution in [2.45, 2.75) is 71.4 Å². The standard InChI is InChI=1S/C15H30N2O2/c1-5-6-7-10-16-11-13(12-8-9-12)17-14(18)19-15(2,3)4/h12-13,16H,5-11H2,1-4H3,(H,17,18). The predicted octanol–water partition coefficient (Wildman–Crippen LogP) is 3.07. The maximum atomic E-state index is 11.8. The Bertz CT molecular complexity index is 270. The lowest BCUT2D eigenvalue weighted by Gasteiger charge is -2.24. The summed E-state index contributed by atoms with van der Waals surface area (Å²) in [6.07, 6.45) is 5.86. The molecule has 0 aromatic carbocycles. The van der Waals surface area contributed by atoms with Gasteiger partial charge in [0.15, 0.2) is 0 Å². The summed E-state index contributed by atoms with van der Waals surface area (Å²) in [6, 6.07) is 0.219. The second-order valence-corrected chi connectivity index (χ2v) is 6.50. The van der Waals surface area contributed by atoms with Crippen molar-refractivity contribution in [2.75, 3.05) is 13.1 Å². The lowest BCUT2D eigenvalue weighted by Crippen LogP contribution is -2.45. The first-order chi connectivity index (χ1) is 8.92. The van der Waals surface area contributed by atoms with Crippen LogP contribution in [0.4, 0.5) is 4.79 Å². The molecule has 2 N–H and O–H groups in total. The monoisotopic (exact) mass is 270 g/mol. The third-order valence-corrected chi connectivity index (χ3v) is 3.21. The molecule has 0 heterocycles. The van der Waals surface area contributed by atoms with E-state index in [9.17, 15) is 4.79 Å². The zero-order valence-corrected chi connectivity index (χ0v) is 12.9. The molecule has 4 nitrogen and oxygen atoms in total. The Kier molecular flexibility index (Phi) is 6.63. The Morgan fingerprint density at radius 3 is 2.53 bits per heavy atom. The molecule has 0 radical (unpaired) electrons. The molecule has 1 amide bonds.